The second-order valence-electron chi connectivity index (χ2n) is 5.83. The van der Waals surface area contributed by atoms with E-state index in [-0.39, 0.29) is 0 Å². The van der Waals surface area contributed by atoms with Crippen molar-refractivity contribution in [2.75, 3.05) is 0 Å². The lowest BCUT2D eigenvalue weighted by molar-refractivity contribution is 0.171. The van der Waals surface area contributed by atoms with Gasteiger partial charge in [-0.1, -0.05) is 94.9 Å². The maximum absolute atomic E-state index is 2.42. The van der Waals surface area contributed by atoms with Gasteiger partial charge in [0.05, 0.1) is 0 Å². The lowest BCUT2D eigenvalue weighted by Crippen LogP contribution is -2.23. The molecule has 0 aliphatic heterocycles. The van der Waals surface area contributed by atoms with Crippen molar-refractivity contribution >= 4 is 0 Å². The predicted molar refractivity (Wildman–Crippen MR) is 98.4 cm³/mol. The van der Waals surface area contributed by atoms with Crippen molar-refractivity contribution < 1.29 is 0 Å². The molecule has 0 amide bonds. The first-order chi connectivity index (χ1) is 9.61. The molecule has 0 saturated heterocycles. The zero-order valence-corrected chi connectivity index (χ0v) is 16.6. The van der Waals surface area contributed by atoms with Gasteiger partial charge in [-0.15, -0.1) is 0 Å². The third kappa shape index (κ3) is 16.1. The fraction of sp³-hybridized carbons (Fsp3) is 1.00. The average molecular weight is 287 g/mol. The molecule has 2 rings (SSSR count). The van der Waals surface area contributed by atoms with Crippen LogP contribution in [0, 0.1) is 23.7 Å². The van der Waals surface area contributed by atoms with Gasteiger partial charge in [0.15, 0.2) is 0 Å². The number of hydrogen-bond donors (Lipinski definition) is 0. The third-order valence-electron chi connectivity index (χ3n) is 3.94. The molecule has 0 nitrogen and oxygen atoms in total. The molecular formula is C20H46. The monoisotopic (exact) mass is 286 g/mol. The summed E-state index contributed by atoms with van der Waals surface area (Å²) in [6.45, 7) is 21.6. The Bertz CT molecular complexity index is 143. The minimum atomic E-state index is 0.907. The highest BCUT2D eigenvalue weighted by Gasteiger charge is 2.25. The van der Waals surface area contributed by atoms with Crippen LogP contribution < -0.4 is 0 Å². The molecule has 2 saturated carbocycles. The van der Waals surface area contributed by atoms with Crippen molar-refractivity contribution in [2.24, 2.45) is 23.7 Å². The minimum absolute atomic E-state index is 0.907. The Balaban J connectivity index is -0.000000266. The largest absolute Gasteiger partial charge is 0.0683 e. The van der Waals surface area contributed by atoms with Crippen molar-refractivity contribution in [1.29, 1.82) is 0 Å². The van der Waals surface area contributed by atoms with Gasteiger partial charge in [0, 0.05) is 0 Å². The van der Waals surface area contributed by atoms with Gasteiger partial charge in [-0.2, -0.15) is 0 Å². The highest BCUT2D eigenvalue weighted by molar-refractivity contribution is 4.76. The summed E-state index contributed by atoms with van der Waals surface area (Å²) in [5.74, 6) is 3.87. The van der Waals surface area contributed by atoms with Gasteiger partial charge in [0.2, 0.25) is 0 Å². The molecule has 0 aromatic rings. The molecule has 2 aliphatic rings. The topological polar surface area (TPSA) is 0 Å². The quantitative estimate of drug-likeness (QED) is 0.458. The van der Waals surface area contributed by atoms with Crippen LogP contribution in [0.5, 0.6) is 0 Å². The van der Waals surface area contributed by atoms with Gasteiger partial charge in [-0.3, -0.25) is 0 Å². The lowest BCUT2D eigenvalue weighted by atomic mass is 9.72. The summed E-state index contributed by atoms with van der Waals surface area (Å²) < 4.78 is 0. The number of rotatable bonds is 1. The van der Waals surface area contributed by atoms with Crippen molar-refractivity contribution in [1.82, 2.24) is 0 Å². The molecule has 0 spiro atoms. The van der Waals surface area contributed by atoms with Crippen molar-refractivity contribution in [2.45, 2.75) is 108 Å². The van der Waals surface area contributed by atoms with Gasteiger partial charge in [-0.05, 0) is 36.5 Å². The van der Waals surface area contributed by atoms with E-state index in [4.69, 9.17) is 0 Å². The van der Waals surface area contributed by atoms with Crippen LogP contribution in [0.4, 0.5) is 0 Å². The van der Waals surface area contributed by atoms with E-state index in [1.54, 1.807) is 0 Å². The van der Waals surface area contributed by atoms with E-state index in [0.717, 1.165) is 23.7 Å². The molecule has 0 heterocycles. The second-order valence-corrected chi connectivity index (χ2v) is 5.83. The van der Waals surface area contributed by atoms with Crippen LogP contribution in [-0.2, 0) is 0 Å². The molecule has 0 aromatic heterocycles. The smallest absolute Gasteiger partial charge is 0.0388 e. The fourth-order valence-electron chi connectivity index (χ4n) is 2.19. The Morgan fingerprint density at radius 1 is 0.650 bits per heavy atom. The fourth-order valence-corrected chi connectivity index (χ4v) is 2.19. The van der Waals surface area contributed by atoms with E-state index in [1.807, 2.05) is 41.5 Å². The van der Waals surface area contributed by atoms with Gasteiger partial charge in [0.1, 0.15) is 0 Å². The average Bonchev–Trinajstić information content (AvgIpc) is 3.37. The Kier molecular flexibility index (Phi) is 23.7. The molecule has 0 N–H and O–H groups in total. The summed E-state index contributed by atoms with van der Waals surface area (Å²) in [7, 11) is 0. The summed E-state index contributed by atoms with van der Waals surface area (Å²) in [5, 5.41) is 0. The molecule has 3 unspecified atom stereocenters. The molecule has 0 radical (unpaired) electrons. The standard InChI is InChI=1S/C11H22.C3H6.3C2H6/c1-8(2)11-6-5-9(3)10(4)7-11;1-2-3-1;3*1-2/h8-11H,5-7H2,1-4H3;1-3H2;3*1-2H3. The molecule has 126 valence electrons. The minimum Gasteiger partial charge on any atom is -0.0683 e. The Morgan fingerprint density at radius 2 is 1.05 bits per heavy atom. The maximum atomic E-state index is 2.42. The molecule has 2 aliphatic carbocycles. The van der Waals surface area contributed by atoms with Crippen LogP contribution in [0.2, 0.25) is 0 Å². The molecule has 2 fully saturated rings. The first-order valence-electron chi connectivity index (χ1n) is 9.61. The van der Waals surface area contributed by atoms with Crippen molar-refractivity contribution in [3.63, 3.8) is 0 Å². The van der Waals surface area contributed by atoms with Gasteiger partial charge in [0.25, 0.3) is 0 Å². The summed E-state index contributed by atoms with van der Waals surface area (Å²) in [4.78, 5) is 0. The van der Waals surface area contributed by atoms with Crippen LogP contribution in [-0.4, -0.2) is 0 Å². The van der Waals surface area contributed by atoms with Crippen LogP contribution in [0.15, 0.2) is 0 Å². The lowest BCUT2D eigenvalue weighted by Gasteiger charge is -2.34. The second kappa shape index (κ2) is 19.0. The van der Waals surface area contributed by atoms with Gasteiger partial charge in [-0.25, -0.2) is 0 Å². The summed E-state index contributed by atoms with van der Waals surface area (Å²) in [6, 6.07) is 0. The summed E-state index contributed by atoms with van der Waals surface area (Å²) in [6.07, 6.45) is 8.91. The summed E-state index contributed by atoms with van der Waals surface area (Å²) in [5.41, 5.74) is 0. The molecule has 3 atom stereocenters. The molecular weight excluding hydrogens is 240 g/mol. The van der Waals surface area contributed by atoms with Gasteiger partial charge < -0.3 is 0 Å². The summed E-state index contributed by atoms with van der Waals surface area (Å²) >= 11 is 0. The predicted octanol–water partition coefficient (Wildman–Crippen LogP) is 7.96. The maximum Gasteiger partial charge on any atom is -0.0388 e. The SMILES string of the molecule is C1CC1.CC.CC.CC.CC(C)C1CCC(C)C(C)C1. The van der Waals surface area contributed by atoms with Crippen LogP contribution in [0.3, 0.4) is 0 Å². The first kappa shape index (κ1) is 25.0. The zero-order chi connectivity index (χ0) is 16.6. The third-order valence-corrected chi connectivity index (χ3v) is 3.94. The highest BCUT2D eigenvalue weighted by Crippen LogP contribution is 2.36. The van der Waals surface area contributed by atoms with Crippen LogP contribution in [0.25, 0.3) is 0 Å². The van der Waals surface area contributed by atoms with E-state index >= 15 is 0 Å². The number of hydrogen-bond acceptors (Lipinski definition) is 0. The van der Waals surface area contributed by atoms with E-state index in [2.05, 4.69) is 27.7 Å². The van der Waals surface area contributed by atoms with E-state index < -0.39 is 0 Å². The zero-order valence-electron chi connectivity index (χ0n) is 16.6. The normalized spacial score (nSPS) is 26.2. The van der Waals surface area contributed by atoms with E-state index in [0.29, 0.717) is 0 Å². The van der Waals surface area contributed by atoms with Crippen LogP contribution >= 0.6 is 0 Å². The molecule has 0 aromatic carbocycles. The Labute approximate surface area is 132 Å². The Morgan fingerprint density at radius 3 is 1.30 bits per heavy atom. The Hall–Kier alpha value is 0. The first-order valence-corrected chi connectivity index (χ1v) is 9.61. The highest BCUT2D eigenvalue weighted by atomic mass is 14.3. The van der Waals surface area contributed by atoms with Crippen LogP contribution in [0.1, 0.15) is 108 Å². The molecule has 20 heavy (non-hydrogen) atoms. The molecule has 0 heteroatoms. The van der Waals surface area contributed by atoms with Crippen molar-refractivity contribution in [3.8, 4) is 0 Å². The van der Waals surface area contributed by atoms with E-state index in [9.17, 15) is 0 Å². The van der Waals surface area contributed by atoms with Gasteiger partial charge >= 0.3 is 0 Å². The van der Waals surface area contributed by atoms with Crippen molar-refractivity contribution in [3.05, 3.63) is 0 Å². The van der Waals surface area contributed by atoms with E-state index in [1.165, 1.54) is 38.5 Å². The molecule has 0 bridgehead atoms.